The molecule has 3 atom stereocenters. The first kappa shape index (κ1) is 16.1. The van der Waals surface area contributed by atoms with E-state index in [4.69, 9.17) is 4.74 Å². The van der Waals surface area contributed by atoms with Gasteiger partial charge in [-0.1, -0.05) is 12.1 Å². The lowest BCUT2D eigenvalue weighted by Crippen LogP contribution is -2.47. The molecule has 0 radical (unpaired) electrons. The first-order valence-electron chi connectivity index (χ1n) is 8.69. The summed E-state index contributed by atoms with van der Waals surface area (Å²) in [6.07, 6.45) is 7.52. The van der Waals surface area contributed by atoms with Gasteiger partial charge in [-0.3, -0.25) is 0 Å². The van der Waals surface area contributed by atoms with Crippen molar-refractivity contribution in [3.05, 3.63) is 42.5 Å². The Morgan fingerprint density at radius 2 is 2.16 bits per heavy atom. The van der Waals surface area contributed by atoms with Crippen LogP contribution in [0.3, 0.4) is 0 Å². The molecule has 1 saturated carbocycles. The smallest absolute Gasteiger partial charge is 0.319 e. The number of halogens is 1. The predicted octanol–water partition coefficient (Wildman–Crippen LogP) is 3.09. The number of carbonyl (C=O) groups is 1. The number of nitrogens with zero attached hydrogens (tertiary/aromatic N) is 2. The summed E-state index contributed by atoms with van der Waals surface area (Å²) in [5.74, 6) is 0.0386. The minimum absolute atomic E-state index is 0.142. The first-order chi connectivity index (χ1) is 12.2. The molecule has 1 saturated heterocycles. The summed E-state index contributed by atoms with van der Waals surface area (Å²) in [6.45, 7) is 0.782. The maximum atomic E-state index is 13.8. The van der Waals surface area contributed by atoms with E-state index in [-0.39, 0.29) is 24.0 Å². The third-order valence-corrected chi connectivity index (χ3v) is 5.04. The Morgan fingerprint density at radius 3 is 3.04 bits per heavy atom. The van der Waals surface area contributed by atoms with Crippen LogP contribution < -0.4 is 10.6 Å². The van der Waals surface area contributed by atoms with E-state index in [2.05, 4.69) is 15.7 Å². The molecule has 25 heavy (non-hydrogen) atoms. The highest BCUT2D eigenvalue weighted by molar-refractivity contribution is 5.89. The van der Waals surface area contributed by atoms with Gasteiger partial charge in [-0.25, -0.2) is 13.9 Å². The average molecular weight is 344 g/mol. The van der Waals surface area contributed by atoms with Crippen LogP contribution in [0, 0.1) is 11.7 Å². The minimum atomic E-state index is -0.365. The molecule has 2 fully saturated rings. The van der Waals surface area contributed by atoms with E-state index >= 15 is 0 Å². The number of hydrogen-bond donors (Lipinski definition) is 2. The Morgan fingerprint density at radius 1 is 1.28 bits per heavy atom. The van der Waals surface area contributed by atoms with E-state index in [1.165, 1.54) is 16.9 Å². The van der Waals surface area contributed by atoms with Crippen LogP contribution in [0.1, 0.15) is 25.7 Å². The Kier molecular flexibility index (Phi) is 4.40. The Balaban J connectivity index is 1.39. The number of aromatic nitrogens is 2. The number of hydrogen-bond acceptors (Lipinski definition) is 3. The lowest BCUT2D eigenvalue weighted by atomic mass is 9.82. The summed E-state index contributed by atoms with van der Waals surface area (Å²) in [5.41, 5.74) is 0.866. The van der Waals surface area contributed by atoms with Crippen molar-refractivity contribution in [1.82, 2.24) is 15.1 Å². The van der Waals surface area contributed by atoms with Crippen molar-refractivity contribution in [3.8, 4) is 5.69 Å². The third-order valence-electron chi connectivity index (χ3n) is 5.04. The van der Waals surface area contributed by atoms with Crippen LogP contribution in [-0.4, -0.2) is 34.6 Å². The first-order valence-corrected chi connectivity index (χ1v) is 8.69. The summed E-state index contributed by atoms with van der Waals surface area (Å²) in [5, 5.41) is 9.95. The monoisotopic (exact) mass is 344 g/mol. The fraction of sp³-hybridized carbons (Fsp3) is 0.444. The number of nitrogens with one attached hydrogen (secondary N) is 2. The fourth-order valence-electron chi connectivity index (χ4n) is 3.85. The zero-order valence-corrected chi connectivity index (χ0v) is 13.8. The topological polar surface area (TPSA) is 68.2 Å². The van der Waals surface area contributed by atoms with Crippen LogP contribution in [0.2, 0.25) is 0 Å². The second-order valence-corrected chi connectivity index (χ2v) is 6.62. The number of benzene rings is 1. The van der Waals surface area contributed by atoms with Gasteiger partial charge in [0.25, 0.3) is 0 Å². The van der Waals surface area contributed by atoms with Gasteiger partial charge in [0.15, 0.2) is 0 Å². The molecule has 2 N–H and O–H groups in total. The van der Waals surface area contributed by atoms with Crippen LogP contribution in [0.5, 0.6) is 0 Å². The van der Waals surface area contributed by atoms with E-state index in [9.17, 15) is 9.18 Å². The third kappa shape index (κ3) is 3.37. The van der Waals surface area contributed by atoms with Crippen molar-refractivity contribution in [2.75, 3.05) is 11.9 Å². The molecule has 6 nitrogen and oxygen atoms in total. The number of para-hydroxylation sites is 1. The molecule has 2 aromatic rings. The molecular weight excluding hydrogens is 323 g/mol. The molecule has 2 aliphatic rings. The lowest BCUT2D eigenvalue weighted by molar-refractivity contribution is 0.0553. The molecular formula is C18H21FN4O2. The van der Waals surface area contributed by atoms with Gasteiger partial charge in [-0.2, -0.15) is 5.10 Å². The van der Waals surface area contributed by atoms with E-state index in [1.807, 2.05) is 0 Å². The maximum Gasteiger partial charge on any atom is 0.319 e. The molecule has 1 aromatic carbocycles. The van der Waals surface area contributed by atoms with Crippen LogP contribution in [0.15, 0.2) is 36.7 Å². The number of anilines is 1. The molecule has 4 rings (SSSR count). The highest BCUT2D eigenvalue weighted by atomic mass is 19.1. The van der Waals surface area contributed by atoms with Crippen molar-refractivity contribution < 1.29 is 13.9 Å². The highest BCUT2D eigenvalue weighted by Gasteiger charge is 2.38. The molecule has 1 aliphatic carbocycles. The SMILES string of the molecule is O=C(Nc1cnn(-c2ccccc2F)c1)N[C@@H]1CCC[C@H]2OCC[C@H]12. The molecule has 0 bridgehead atoms. The summed E-state index contributed by atoms with van der Waals surface area (Å²) in [4.78, 5) is 12.3. The Hall–Kier alpha value is -2.41. The Bertz CT molecular complexity index is 763. The number of fused-ring (bicyclic) bond motifs is 1. The second kappa shape index (κ2) is 6.84. The second-order valence-electron chi connectivity index (χ2n) is 6.62. The number of urea groups is 1. The van der Waals surface area contributed by atoms with Gasteiger partial charge in [-0.05, 0) is 37.8 Å². The lowest BCUT2D eigenvalue weighted by Gasteiger charge is -2.33. The molecule has 132 valence electrons. The van der Waals surface area contributed by atoms with Crippen LogP contribution >= 0.6 is 0 Å². The number of ether oxygens (including phenoxy) is 1. The van der Waals surface area contributed by atoms with Crippen molar-refractivity contribution >= 4 is 11.7 Å². The van der Waals surface area contributed by atoms with Crippen molar-refractivity contribution in [1.29, 1.82) is 0 Å². The van der Waals surface area contributed by atoms with Gasteiger partial charge in [0.2, 0.25) is 0 Å². The molecule has 0 spiro atoms. The van der Waals surface area contributed by atoms with Gasteiger partial charge in [0, 0.05) is 18.6 Å². The molecule has 2 heterocycles. The highest BCUT2D eigenvalue weighted by Crippen LogP contribution is 2.34. The fourth-order valence-corrected chi connectivity index (χ4v) is 3.85. The predicted molar refractivity (Wildman–Crippen MR) is 91.2 cm³/mol. The van der Waals surface area contributed by atoms with E-state index < -0.39 is 0 Å². The largest absolute Gasteiger partial charge is 0.378 e. The molecule has 1 aliphatic heterocycles. The number of amides is 2. The normalized spacial score (nSPS) is 25.4. The van der Waals surface area contributed by atoms with E-state index in [0.29, 0.717) is 17.3 Å². The zero-order chi connectivity index (χ0) is 17.2. The molecule has 2 amide bonds. The number of carbonyl (C=O) groups excluding carboxylic acids is 1. The van der Waals surface area contributed by atoms with E-state index in [1.54, 1.807) is 24.4 Å². The van der Waals surface area contributed by atoms with Crippen LogP contribution in [0.25, 0.3) is 5.69 Å². The Labute approximate surface area is 145 Å². The van der Waals surface area contributed by atoms with Gasteiger partial charge >= 0.3 is 6.03 Å². The van der Waals surface area contributed by atoms with Gasteiger partial charge in [-0.15, -0.1) is 0 Å². The zero-order valence-electron chi connectivity index (χ0n) is 13.8. The molecule has 0 unspecified atom stereocenters. The summed E-state index contributed by atoms with van der Waals surface area (Å²) >= 11 is 0. The van der Waals surface area contributed by atoms with E-state index in [0.717, 1.165) is 32.3 Å². The van der Waals surface area contributed by atoms with Gasteiger partial charge in [0.1, 0.15) is 11.5 Å². The number of rotatable bonds is 3. The van der Waals surface area contributed by atoms with Crippen molar-refractivity contribution in [2.24, 2.45) is 5.92 Å². The van der Waals surface area contributed by atoms with Crippen molar-refractivity contribution in [2.45, 2.75) is 37.8 Å². The summed E-state index contributed by atoms with van der Waals surface area (Å²) in [6, 6.07) is 6.25. The van der Waals surface area contributed by atoms with Gasteiger partial charge in [0.05, 0.1) is 24.2 Å². The van der Waals surface area contributed by atoms with Gasteiger partial charge < -0.3 is 15.4 Å². The van der Waals surface area contributed by atoms with Crippen molar-refractivity contribution in [3.63, 3.8) is 0 Å². The summed E-state index contributed by atoms with van der Waals surface area (Å²) < 4.78 is 20.9. The maximum absolute atomic E-state index is 13.8. The quantitative estimate of drug-likeness (QED) is 0.899. The van der Waals surface area contributed by atoms with Crippen LogP contribution in [-0.2, 0) is 4.74 Å². The molecule has 1 aromatic heterocycles. The van der Waals surface area contributed by atoms with Crippen LogP contribution in [0.4, 0.5) is 14.9 Å². The summed E-state index contributed by atoms with van der Waals surface area (Å²) in [7, 11) is 0. The standard InChI is InChI=1S/C18H21FN4O2/c19-14-4-1-2-6-16(14)23-11-12(10-20-23)21-18(24)22-15-5-3-7-17-13(15)8-9-25-17/h1-2,4,6,10-11,13,15,17H,3,5,7-9H2,(H2,21,22,24)/t13-,15-,17-/m1/s1. The minimum Gasteiger partial charge on any atom is -0.378 e. The molecule has 7 heteroatoms. The average Bonchev–Trinajstić information content (AvgIpc) is 3.25.